The Bertz CT molecular complexity index is 2100. The number of halogens is 5. The molecule has 252 valence electrons. The van der Waals surface area contributed by atoms with E-state index in [4.69, 9.17) is 26.8 Å². The predicted molar refractivity (Wildman–Crippen MR) is 172 cm³/mol. The quantitative estimate of drug-likeness (QED) is 0.258. The fraction of sp³-hybridized carbons (Fsp3) is 0.438. The van der Waals surface area contributed by atoms with Gasteiger partial charge in [0.25, 0.3) is 11.8 Å². The molecule has 0 aliphatic carbocycles. The van der Waals surface area contributed by atoms with Crippen LogP contribution in [0.25, 0.3) is 32.2 Å². The zero-order chi connectivity index (χ0) is 34.2. The van der Waals surface area contributed by atoms with Crippen molar-refractivity contribution >= 4 is 55.0 Å². The predicted octanol–water partition coefficient (Wildman–Crippen LogP) is 5.57. The zero-order valence-electron chi connectivity index (χ0n) is 25.7. The van der Waals surface area contributed by atoms with Crippen LogP contribution in [-0.2, 0) is 4.79 Å². The second-order valence-corrected chi connectivity index (χ2v) is 13.8. The van der Waals surface area contributed by atoms with Crippen LogP contribution >= 0.6 is 22.9 Å². The monoisotopic (exact) mass is 704 g/mol. The molecule has 5 heterocycles. The minimum absolute atomic E-state index is 0.0340. The van der Waals surface area contributed by atoms with Crippen molar-refractivity contribution in [2.45, 2.75) is 50.8 Å². The summed E-state index contributed by atoms with van der Waals surface area (Å²) >= 11 is 7.72. The third kappa shape index (κ3) is 4.95. The number of carbonyl (C=O) groups excluding carboxylic acids is 1. The van der Waals surface area contributed by atoms with Gasteiger partial charge >= 0.3 is 12.0 Å². The van der Waals surface area contributed by atoms with Crippen LogP contribution in [0.15, 0.2) is 16.9 Å². The number of likely N-dealkylation sites (tertiary alicyclic amines) is 2. The molecule has 7 rings (SSSR count). The number of likely N-dealkylation sites (N-methyl/N-ethyl adjacent to an activating group) is 1. The molecule has 3 aliphatic heterocycles. The lowest BCUT2D eigenvalue weighted by Crippen LogP contribution is -2.42. The third-order valence-corrected chi connectivity index (χ3v) is 11.1. The number of thiophene rings is 1. The van der Waals surface area contributed by atoms with E-state index in [0.717, 1.165) is 41.7 Å². The number of nitrogens with two attached hydrogens (primary N) is 1. The van der Waals surface area contributed by atoms with E-state index in [9.17, 15) is 28.0 Å². The minimum Gasteiger partial charge on any atom is -0.488 e. The van der Waals surface area contributed by atoms with Crippen molar-refractivity contribution in [3.8, 4) is 28.8 Å². The Morgan fingerprint density at radius 2 is 2.04 bits per heavy atom. The van der Waals surface area contributed by atoms with E-state index in [0.29, 0.717) is 0 Å². The first-order valence-electron chi connectivity index (χ1n) is 15.4. The van der Waals surface area contributed by atoms with E-state index >= 15 is 4.39 Å². The molecule has 10 nitrogen and oxygen atoms in total. The summed E-state index contributed by atoms with van der Waals surface area (Å²) in [4.78, 5) is 33.9. The second-order valence-electron chi connectivity index (χ2n) is 12.4. The average Bonchev–Trinajstić information content (AvgIpc) is 3.80. The number of nitriles is 1. The number of anilines is 1. The van der Waals surface area contributed by atoms with Crippen molar-refractivity contribution < 1.29 is 31.8 Å². The van der Waals surface area contributed by atoms with Crippen LogP contribution in [0.1, 0.15) is 37.8 Å². The summed E-state index contributed by atoms with van der Waals surface area (Å²) in [6.07, 6.45) is -1.65. The van der Waals surface area contributed by atoms with E-state index in [1.165, 1.54) is 10.6 Å². The maximum Gasteiger partial charge on any atom is 0.315 e. The summed E-state index contributed by atoms with van der Waals surface area (Å²) in [7, 11) is 1.94. The number of fused-ring (bicyclic) bond motifs is 1. The summed E-state index contributed by atoms with van der Waals surface area (Å²) in [5, 5.41) is 9.73. The Morgan fingerprint density at radius 1 is 1.27 bits per heavy atom. The Balaban J connectivity index is 1.46. The van der Waals surface area contributed by atoms with E-state index < -0.39 is 47.6 Å². The molecule has 0 saturated carbocycles. The van der Waals surface area contributed by atoms with Crippen molar-refractivity contribution in [1.29, 1.82) is 5.26 Å². The van der Waals surface area contributed by atoms with Gasteiger partial charge in [0.2, 0.25) is 0 Å². The SMILES string of the molecule is C[C@H](Oc1nc2c(F)c(-c3ccc(F)c4sc(N)c(C#N)c34)c(Cl)c3c2n(c1=O)C(C1CCN(C(=O)C(F)F)C1)CO3)[C@@H]1CCCN1C. The van der Waals surface area contributed by atoms with Crippen LogP contribution in [0.5, 0.6) is 11.6 Å². The number of hydrogen-bond donors (Lipinski definition) is 1. The maximum atomic E-state index is 17.1. The molecule has 2 unspecified atom stereocenters. The molecule has 2 fully saturated rings. The van der Waals surface area contributed by atoms with Gasteiger partial charge in [-0.05, 0) is 51.4 Å². The van der Waals surface area contributed by atoms with Crippen LogP contribution in [0.3, 0.4) is 0 Å². The van der Waals surface area contributed by atoms with Crippen molar-refractivity contribution in [1.82, 2.24) is 19.4 Å². The molecule has 0 bridgehead atoms. The summed E-state index contributed by atoms with van der Waals surface area (Å²) in [6.45, 7) is 2.46. The number of rotatable bonds is 6. The van der Waals surface area contributed by atoms with Gasteiger partial charge in [-0.2, -0.15) is 14.0 Å². The highest BCUT2D eigenvalue weighted by Crippen LogP contribution is 2.50. The van der Waals surface area contributed by atoms with Crippen molar-refractivity contribution in [2.24, 2.45) is 5.92 Å². The Labute approximate surface area is 280 Å². The third-order valence-electron chi connectivity index (χ3n) is 9.75. The molecule has 4 atom stereocenters. The van der Waals surface area contributed by atoms with Gasteiger partial charge in [0.05, 0.1) is 21.3 Å². The molecule has 2 N–H and O–H groups in total. The van der Waals surface area contributed by atoms with Crippen LogP contribution in [-0.4, -0.2) is 77.1 Å². The van der Waals surface area contributed by atoms with Crippen molar-refractivity contribution in [2.75, 3.05) is 39.0 Å². The smallest absolute Gasteiger partial charge is 0.315 e. The Hall–Kier alpha value is -4.13. The van der Waals surface area contributed by atoms with Gasteiger partial charge in [-0.3, -0.25) is 19.1 Å². The highest BCUT2D eigenvalue weighted by atomic mass is 35.5. The summed E-state index contributed by atoms with van der Waals surface area (Å²) in [5.41, 5.74) is 4.75. The molecule has 48 heavy (non-hydrogen) atoms. The summed E-state index contributed by atoms with van der Waals surface area (Å²) in [5.74, 6) is -3.89. The van der Waals surface area contributed by atoms with Crippen molar-refractivity contribution in [3.05, 3.63) is 44.7 Å². The number of ether oxygens (including phenoxy) is 2. The number of alkyl halides is 2. The van der Waals surface area contributed by atoms with E-state index in [2.05, 4.69) is 9.88 Å². The first-order valence-corrected chi connectivity index (χ1v) is 16.6. The molecule has 2 aromatic heterocycles. The Morgan fingerprint density at radius 3 is 2.73 bits per heavy atom. The lowest BCUT2D eigenvalue weighted by atomic mass is 9.95. The lowest BCUT2D eigenvalue weighted by Gasteiger charge is -2.33. The van der Waals surface area contributed by atoms with Crippen LogP contribution < -0.4 is 20.8 Å². The standard InChI is InChI=1S/C32H29ClF4N6O4S/c1-13(18-4-3-8-41(18)2)47-30-32(45)43-19(14-7-9-42(11-14)31(44)28(36)37)12-46-26-22(33)21(23(35)24(40-30)25(26)43)15-5-6-17(34)27-20(15)16(10-38)29(39)48-27/h5-6,13-14,18-19,28H,3-4,7-9,11-12,39H2,1-2H3/t13-,14?,18-,19?/m0/s1. The van der Waals surface area contributed by atoms with E-state index in [-0.39, 0.29) is 91.6 Å². The molecule has 0 spiro atoms. The molecule has 2 aromatic carbocycles. The number of nitrogen functional groups attached to an aromatic ring is 1. The number of carbonyl (C=O) groups is 1. The van der Waals surface area contributed by atoms with Crippen LogP contribution in [0, 0.1) is 28.9 Å². The second kappa shape index (κ2) is 12.1. The molecule has 16 heteroatoms. The number of amides is 1. The fourth-order valence-corrected chi connectivity index (χ4v) is 8.68. The molecular formula is C32H29ClF4N6O4S. The zero-order valence-corrected chi connectivity index (χ0v) is 27.3. The normalized spacial score (nSPS) is 21.6. The van der Waals surface area contributed by atoms with Gasteiger partial charge in [0.15, 0.2) is 11.6 Å². The molecule has 3 aliphatic rings. The van der Waals surface area contributed by atoms with E-state index in [1.54, 1.807) is 6.92 Å². The molecule has 2 saturated heterocycles. The first-order chi connectivity index (χ1) is 22.9. The molecular weight excluding hydrogens is 676 g/mol. The largest absolute Gasteiger partial charge is 0.488 e. The first kappa shape index (κ1) is 32.4. The van der Waals surface area contributed by atoms with Gasteiger partial charge in [-0.25, -0.2) is 13.8 Å². The number of benzene rings is 2. The molecule has 1 amide bonds. The average molecular weight is 705 g/mol. The van der Waals surface area contributed by atoms with Crippen LogP contribution in [0.2, 0.25) is 5.02 Å². The molecule has 0 radical (unpaired) electrons. The minimum atomic E-state index is -3.18. The Kier molecular flexibility index (Phi) is 8.16. The maximum absolute atomic E-state index is 17.1. The van der Waals surface area contributed by atoms with Gasteiger partial charge in [0.1, 0.15) is 40.6 Å². The number of hydrogen-bond acceptors (Lipinski definition) is 9. The van der Waals surface area contributed by atoms with Gasteiger partial charge in [0, 0.05) is 36.0 Å². The topological polar surface area (TPSA) is 127 Å². The summed E-state index contributed by atoms with van der Waals surface area (Å²) in [6, 6.07) is 3.53. The highest BCUT2D eigenvalue weighted by Gasteiger charge is 2.41. The van der Waals surface area contributed by atoms with E-state index in [1.807, 2.05) is 13.1 Å². The van der Waals surface area contributed by atoms with Gasteiger partial charge < -0.3 is 20.1 Å². The van der Waals surface area contributed by atoms with Gasteiger partial charge in [-0.15, -0.1) is 11.3 Å². The molecule has 4 aromatic rings. The highest BCUT2D eigenvalue weighted by molar-refractivity contribution is 7.23. The summed E-state index contributed by atoms with van der Waals surface area (Å²) < 4.78 is 72.1. The fourth-order valence-electron chi connectivity index (χ4n) is 7.41. The van der Waals surface area contributed by atoms with Crippen LogP contribution in [0.4, 0.5) is 22.6 Å². The van der Waals surface area contributed by atoms with Crippen molar-refractivity contribution in [3.63, 3.8) is 0 Å². The number of aromatic nitrogens is 2. The lowest BCUT2D eigenvalue weighted by molar-refractivity contribution is -0.141. The van der Waals surface area contributed by atoms with Gasteiger partial charge in [-0.1, -0.05) is 17.7 Å². The number of nitrogens with zero attached hydrogens (tertiary/aromatic N) is 5.